The lowest BCUT2D eigenvalue weighted by molar-refractivity contribution is 0.285. The first-order chi connectivity index (χ1) is 7.43. The highest BCUT2D eigenvalue weighted by Crippen LogP contribution is 2.18. The van der Waals surface area contributed by atoms with Crippen LogP contribution in [0.3, 0.4) is 0 Å². The van der Waals surface area contributed by atoms with Gasteiger partial charge in [-0.1, -0.05) is 45.0 Å². The van der Waals surface area contributed by atoms with Crippen LogP contribution in [-0.2, 0) is 13.1 Å². The quantitative estimate of drug-likeness (QED) is 0.818. The third-order valence-corrected chi connectivity index (χ3v) is 3.14. The van der Waals surface area contributed by atoms with Crippen LogP contribution in [0.15, 0.2) is 24.3 Å². The lowest BCUT2D eigenvalue weighted by atomic mass is 9.88. The summed E-state index contributed by atoms with van der Waals surface area (Å²) < 4.78 is 0. The van der Waals surface area contributed by atoms with Crippen LogP contribution in [0.4, 0.5) is 0 Å². The Hall–Kier alpha value is -0.860. The smallest absolute Gasteiger partial charge is 0.0208 e. The van der Waals surface area contributed by atoms with E-state index in [-0.39, 0.29) is 0 Å². The molecule has 0 aliphatic heterocycles. The van der Waals surface area contributed by atoms with Crippen molar-refractivity contribution in [1.82, 2.24) is 5.32 Å². The van der Waals surface area contributed by atoms with Crippen LogP contribution in [0, 0.1) is 5.41 Å². The standard InChI is InChI=1S/C14H24N2/c1-11(14(2,3)4)16-10-13-7-5-6-12(8-13)9-15/h5-8,11,16H,9-10,15H2,1-4H3. The van der Waals surface area contributed by atoms with Crippen LogP contribution in [0.1, 0.15) is 38.8 Å². The van der Waals surface area contributed by atoms with Gasteiger partial charge in [-0.25, -0.2) is 0 Å². The molecule has 0 aromatic heterocycles. The third-order valence-electron chi connectivity index (χ3n) is 3.14. The fourth-order valence-corrected chi connectivity index (χ4v) is 1.44. The van der Waals surface area contributed by atoms with Crippen molar-refractivity contribution in [3.05, 3.63) is 35.4 Å². The van der Waals surface area contributed by atoms with Crippen molar-refractivity contribution in [3.8, 4) is 0 Å². The van der Waals surface area contributed by atoms with Gasteiger partial charge in [0.2, 0.25) is 0 Å². The molecule has 1 atom stereocenters. The molecule has 16 heavy (non-hydrogen) atoms. The summed E-state index contributed by atoms with van der Waals surface area (Å²) in [6.45, 7) is 10.5. The minimum absolute atomic E-state index is 0.297. The zero-order valence-electron chi connectivity index (χ0n) is 10.9. The molecule has 0 saturated carbocycles. The highest BCUT2D eigenvalue weighted by molar-refractivity contribution is 5.23. The molecule has 2 heteroatoms. The molecule has 0 bridgehead atoms. The van der Waals surface area contributed by atoms with Gasteiger partial charge in [-0.05, 0) is 23.5 Å². The molecular formula is C14H24N2. The SMILES string of the molecule is CC(NCc1cccc(CN)c1)C(C)(C)C. The van der Waals surface area contributed by atoms with Crippen molar-refractivity contribution >= 4 is 0 Å². The van der Waals surface area contributed by atoms with Crippen LogP contribution >= 0.6 is 0 Å². The van der Waals surface area contributed by atoms with Gasteiger partial charge in [-0.2, -0.15) is 0 Å². The number of nitrogens with one attached hydrogen (secondary N) is 1. The molecule has 0 heterocycles. The van der Waals surface area contributed by atoms with Gasteiger partial charge in [-0.3, -0.25) is 0 Å². The van der Waals surface area contributed by atoms with E-state index >= 15 is 0 Å². The molecule has 0 aliphatic carbocycles. The van der Waals surface area contributed by atoms with Crippen LogP contribution in [0.25, 0.3) is 0 Å². The van der Waals surface area contributed by atoms with Crippen molar-refractivity contribution in [2.75, 3.05) is 0 Å². The second kappa shape index (κ2) is 5.46. The van der Waals surface area contributed by atoms with E-state index in [4.69, 9.17) is 5.73 Å². The third kappa shape index (κ3) is 3.95. The van der Waals surface area contributed by atoms with Gasteiger partial charge in [-0.15, -0.1) is 0 Å². The first-order valence-electron chi connectivity index (χ1n) is 5.94. The zero-order chi connectivity index (χ0) is 12.2. The number of rotatable bonds is 4. The van der Waals surface area contributed by atoms with E-state index in [2.05, 4.69) is 57.3 Å². The molecule has 0 spiro atoms. The average Bonchev–Trinajstić information content (AvgIpc) is 2.25. The van der Waals surface area contributed by atoms with Crippen LogP contribution in [0.2, 0.25) is 0 Å². The van der Waals surface area contributed by atoms with E-state index in [0.29, 0.717) is 18.0 Å². The second-order valence-electron chi connectivity index (χ2n) is 5.49. The maximum absolute atomic E-state index is 5.62. The van der Waals surface area contributed by atoms with Crippen molar-refractivity contribution in [1.29, 1.82) is 0 Å². The molecule has 0 fully saturated rings. The molecule has 3 N–H and O–H groups in total. The first kappa shape index (κ1) is 13.2. The summed E-state index contributed by atoms with van der Waals surface area (Å²) in [5, 5.41) is 3.55. The molecule has 0 aliphatic rings. The fraction of sp³-hybridized carbons (Fsp3) is 0.571. The van der Waals surface area contributed by atoms with Gasteiger partial charge in [0.1, 0.15) is 0 Å². The largest absolute Gasteiger partial charge is 0.326 e. The maximum Gasteiger partial charge on any atom is 0.0208 e. The van der Waals surface area contributed by atoms with E-state index in [9.17, 15) is 0 Å². The highest BCUT2D eigenvalue weighted by atomic mass is 14.9. The second-order valence-corrected chi connectivity index (χ2v) is 5.49. The first-order valence-corrected chi connectivity index (χ1v) is 5.94. The van der Waals surface area contributed by atoms with Crippen molar-refractivity contribution < 1.29 is 0 Å². The average molecular weight is 220 g/mol. The lowest BCUT2D eigenvalue weighted by Crippen LogP contribution is -2.37. The number of hydrogen-bond donors (Lipinski definition) is 2. The Balaban J connectivity index is 2.54. The Morgan fingerprint density at radius 2 is 1.88 bits per heavy atom. The lowest BCUT2D eigenvalue weighted by Gasteiger charge is -2.28. The minimum Gasteiger partial charge on any atom is -0.326 e. The van der Waals surface area contributed by atoms with E-state index in [0.717, 1.165) is 6.54 Å². The maximum atomic E-state index is 5.62. The van der Waals surface area contributed by atoms with E-state index in [1.165, 1.54) is 11.1 Å². The Morgan fingerprint density at radius 3 is 2.44 bits per heavy atom. The number of hydrogen-bond acceptors (Lipinski definition) is 2. The summed E-state index contributed by atoms with van der Waals surface area (Å²) >= 11 is 0. The summed E-state index contributed by atoms with van der Waals surface area (Å²) in [5.41, 5.74) is 8.42. The van der Waals surface area contributed by atoms with Gasteiger partial charge >= 0.3 is 0 Å². The molecule has 90 valence electrons. The Bertz CT molecular complexity index is 326. The number of nitrogens with two attached hydrogens (primary N) is 1. The Morgan fingerprint density at radius 1 is 1.25 bits per heavy atom. The van der Waals surface area contributed by atoms with E-state index in [1.807, 2.05) is 0 Å². The number of benzene rings is 1. The summed E-state index contributed by atoms with van der Waals surface area (Å²) in [5.74, 6) is 0. The van der Waals surface area contributed by atoms with Gasteiger partial charge in [0, 0.05) is 19.1 Å². The minimum atomic E-state index is 0.297. The molecule has 1 aromatic carbocycles. The van der Waals surface area contributed by atoms with Crippen LogP contribution in [0.5, 0.6) is 0 Å². The Kier molecular flexibility index (Phi) is 4.51. The van der Waals surface area contributed by atoms with E-state index < -0.39 is 0 Å². The molecule has 0 saturated heterocycles. The van der Waals surface area contributed by atoms with Gasteiger partial charge < -0.3 is 11.1 Å². The predicted molar refractivity (Wildman–Crippen MR) is 70.1 cm³/mol. The van der Waals surface area contributed by atoms with Gasteiger partial charge in [0.15, 0.2) is 0 Å². The normalized spacial score (nSPS) is 13.8. The Labute approximate surface area is 99.2 Å². The highest BCUT2D eigenvalue weighted by Gasteiger charge is 2.18. The predicted octanol–water partition coefficient (Wildman–Crippen LogP) is 2.67. The van der Waals surface area contributed by atoms with E-state index in [1.54, 1.807) is 0 Å². The molecule has 1 aromatic rings. The molecule has 1 rings (SSSR count). The molecular weight excluding hydrogens is 196 g/mol. The zero-order valence-corrected chi connectivity index (χ0v) is 10.9. The summed E-state index contributed by atoms with van der Waals surface area (Å²) in [4.78, 5) is 0. The van der Waals surface area contributed by atoms with Crippen LogP contribution < -0.4 is 11.1 Å². The molecule has 0 amide bonds. The molecule has 0 radical (unpaired) electrons. The summed E-state index contributed by atoms with van der Waals surface area (Å²) in [6, 6.07) is 8.94. The molecule has 1 unspecified atom stereocenters. The molecule has 2 nitrogen and oxygen atoms in total. The monoisotopic (exact) mass is 220 g/mol. The van der Waals surface area contributed by atoms with Crippen molar-refractivity contribution in [2.24, 2.45) is 11.1 Å². The van der Waals surface area contributed by atoms with Gasteiger partial charge in [0.25, 0.3) is 0 Å². The summed E-state index contributed by atoms with van der Waals surface area (Å²) in [6.07, 6.45) is 0. The summed E-state index contributed by atoms with van der Waals surface area (Å²) in [7, 11) is 0. The van der Waals surface area contributed by atoms with Gasteiger partial charge in [0.05, 0.1) is 0 Å². The van der Waals surface area contributed by atoms with Crippen molar-refractivity contribution in [2.45, 2.75) is 46.8 Å². The van der Waals surface area contributed by atoms with Crippen LogP contribution in [-0.4, -0.2) is 6.04 Å². The fourth-order valence-electron chi connectivity index (χ4n) is 1.44. The topological polar surface area (TPSA) is 38.0 Å². The van der Waals surface area contributed by atoms with Crippen molar-refractivity contribution in [3.63, 3.8) is 0 Å².